The van der Waals surface area contributed by atoms with Crippen LogP contribution in [0.3, 0.4) is 0 Å². The maximum Gasteiger partial charge on any atom is 0.269 e. The third-order valence-electron chi connectivity index (χ3n) is 3.69. The van der Waals surface area contributed by atoms with Crippen LogP contribution < -0.4 is 5.32 Å². The number of halogens is 2. The quantitative estimate of drug-likeness (QED) is 0.494. The van der Waals surface area contributed by atoms with Gasteiger partial charge in [-0.05, 0) is 26.0 Å². The number of nitro benzene ring substituents is 1. The van der Waals surface area contributed by atoms with E-state index >= 15 is 0 Å². The lowest BCUT2D eigenvalue weighted by atomic mass is 10.1. The number of piperazine rings is 1. The molecule has 0 aromatic heterocycles. The number of ketones is 1. The molecule has 1 heterocycles. The summed E-state index contributed by atoms with van der Waals surface area (Å²) in [6.07, 6.45) is 0.442. The predicted octanol–water partition coefficient (Wildman–Crippen LogP) is 2.69. The summed E-state index contributed by atoms with van der Waals surface area (Å²) in [5.41, 5.74) is 0.549. The first-order valence-corrected chi connectivity index (χ1v) is 7.22. The molecule has 8 heteroatoms. The number of carbonyl (C=O) groups excluding carboxylic acids is 1. The van der Waals surface area contributed by atoms with Gasteiger partial charge < -0.3 is 5.32 Å². The highest BCUT2D eigenvalue weighted by atomic mass is 35.5. The maximum atomic E-state index is 12.1. The number of rotatable bonds is 5. The Balaban J connectivity index is 0.00000242. The summed E-state index contributed by atoms with van der Waals surface area (Å²) in [6.45, 7) is 6.89. The topological polar surface area (TPSA) is 75.5 Å². The zero-order valence-electron chi connectivity index (χ0n) is 13.2. The minimum Gasteiger partial charge on any atom is -0.309 e. The molecule has 1 aromatic rings. The van der Waals surface area contributed by atoms with Gasteiger partial charge in [0.25, 0.3) is 5.69 Å². The first kappa shape index (κ1) is 21.8. The Morgan fingerprint density at radius 3 is 2.22 bits per heavy atom. The Morgan fingerprint density at radius 2 is 1.74 bits per heavy atom. The van der Waals surface area contributed by atoms with E-state index in [1.54, 1.807) is 0 Å². The van der Waals surface area contributed by atoms with Gasteiger partial charge in [0.05, 0.1) is 4.92 Å². The maximum absolute atomic E-state index is 12.1. The zero-order chi connectivity index (χ0) is 15.4. The van der Waals surface area contributed by atoms with Crippen molar-refractivity contribution in [1.82, 2.24) is 10.2 Å². The molecular weight excluding hydrogens is 341 g/mol. The number of carbonyl (C=O) groups is 1. The average molecular weight is 364 g/mol. The van der Waals surface area contributed by atoms with E-state index in [0.29, 0.717) is 24.1 Å². The second-order valence-corrected chi connectivity index (χ2v) is 5.71. The fraction of sp³-hybridized carbons (Fsp3) is 0.533. The number of non-ortho nitro benzene ring substituents is 1. The van der Waals surface area contributed by atoms with Gasteiger partial charge in [-0.1, -0.05) is 0 Å². The molecule has 1 saturated heterocycles. The van der Waals surface area contributed by atoms with Gasteiger partial charge in [0, 0.05) is 55.8 Å². The number of nitro groups is 1. The van der Waals surface area contributed by atoms with Crippen molar-refractivity contribution in [3.05, 3.63) is 39.9 Å². The highest BCUT2D eigenvalue weighted by Crippen LogP contribution is 2.14. The summed E-state index contributed by atoms with van der Waals surface area (Å²) in [5, 5.41) is 14.0. The fourth-order valence-corrected chi connectivity index (χ4v) is 2.80. The second-order valence-electron chi connectivity index (χ2n) is 5.71. The largest absolute Gasteiger partial charge is 0.309 e. The van der Waals surface area contributed by atoms with Crippen molar-refractivity contribution in [2.24, 2.45) is 0 Å². The molecule has 0 spiro atoms. The number of nitrogens with zero attached hydrogens (tertiary/aromatic N) is 2. The first-order valence-electron chi connectivity index (χ1n) is 7.22. The van der Waals surface area contributed by atoms with Crippen molar-refractivity contribution in [2.45, 2.75) is 32.4 Å². The van der Waals surface area contributed by atoms with Gasteiger partial charge in [0.2, 0.25) is 0 Å². The van der Waals surface area contributed by atoms with Gasteiger partial charge >= 0.3 is 0 Å². The van der Waals surface area contributed by atoms with Gasteiger partial charge in [-0.2, -0.15) is 0 Å². The number of benzene rings is 1. The van der Waals surface area contributed by atoms with E-state index in [0.717, 1.165) is 19.6 Å². The van der Waals surface area contributed by atoms with Gasteiger partial charge in [-0.15, -0.1) is 24.8 Å². The molecule has 1 N–H and O–H groups in total. The molecule has 0 amide bonds. The Hall–Kier alpha value is -1.21. The summed E-state index contributed by atoms with van der Waals surface area (Å²) < 4.78 is 0. The lowest BCUT2D eigenvalue weighted by Gasteiger charge is -2.36. The molecular formula is C15H23Cl2N3O3. The van der Waals surface area contributed by atoms with E-state index in [2.05, 4.69) is 24.1 Å². The van der Waals surface area contributed by atoms with Crippen molar-refractivity contribution < 1.29 is 9.72 Å². The molecule has 1 aromatic carbocycles. The van der Waals surface area contributed by atoms with Crippen molar-refractivity contribution in [2.75, 3.05) is 19.6 Å². The van der Waals surface area contributed by atoms with Crippen LogP contribution in [0.2, 0.25) is 0 Å². The molecule has 1 aliphatic heterocycles. The van der Waals surface area contributed by atoms with Crippen LogP contribution in [0.4, 0.5) is 5.69 Å². The smallest absolute Gasteiger partial charge is 0.269 e. The van der Waals surface area contributed by atoms with Crippen LogP contribution in [-0.2, 0) is 0 Å². The van der Waals surface area contributed by atoms with E-state index in [1.165, 1.54) is 24.3 Å². The van der Waals surface area contributed by atoms with Crippen LogP contribution in [0.15, 0.2) is 24.3 Å². The van der Waals surface area contributed by atoms with Crippen LogP contribution in [0.1, 0.15) is 30.6 Å². The van der Waals surface area contributed by atoms with Crippen LogP contribution in [0, 0.1) is 10.1 Å². The molecule has 2 atom stereocenters. The minimum absolute atomic E-state index is 0. The molecule has 6 nitrogen and oxygen atoms in total. The molecule has 0 radical (unpaired) electrons. The van der Waals surface area contributed by atoms with Crippen LogP contribution in [-0.4, -0.2) is 47.3 Å². The normalized spacial score (nSPS) is 21.0. The van der Waals surface area contributed by atoms with E-state index in [9.17, 15) is 14.9 Å². The number of hydrogen-bond acceptors (Lipinski definition) is 5. The predicted molar refractivity (Wildman–Crippen MR) is 95.0 cm³/mol. The fourth-order valence-electron chi connectivity index (χ4n) is 2.80. The third kappa shape index (κ3) is 6.43. The SMILES string of the molecule is CC1CN(CCC(=O)c2ccc([N+](=O)[O-])cc2)CC(C)N1.Cl.Cl. The molecule has 1 aliphatic rings. The van der Waals surface area contributed by atoms with E-state index < -0.39 is 4.92 Å². The van der Waals surface area contributed by atoms with Gasteiger partial charge in [0.15, 0.2) is 5.78 Å². The lowest BCUT2D eigenvalue weighted by Crippen LogP contribution is -2.54. The van der Waals surface area contributed by atoms with Crippen molar-refractivity contribution in [1.29, 1.82) is 0 Å². The van der Waals surface area contributed by atoms with Crippen molar-refractivity contribution >= 4 is 36.3 Å². The summed E-state index contributed by atoms with van der Waals surface area (Å²) in [6, 6.07) is 6.68. The summed E-state index contributed by atoms with van der Waals surface area (Å²) in [7, 11) is 0. The zero-order valence-corrected chi connectivity index (χ0v) is 14.9. The standard InChI is InChI=1S/C15H21N3O3.2ClH/c1-11-9-17(10-12(2)16-11)8-7-15(19)13-3-5-14(6-4-13)18(20)21;;/h3-6,11-12,16H,7-10H2,1-2H3;2*1H. The van der Waals surface area contributed by atoms with E-state index in [1.807, 2.05) is 0 Å². The molecule has 0 saturated carbocycles. The first-order chi connectivity index (χ1) is 9.95. The van der Waals surface area contributed by atoms with E-state index in [-0.39, 0.29) is 36.3 Å². The summed E-state index contributed by atoms with van der Waals surface area (Å²) >= 11 is 0. The number of Topliss-reactive ketones (excluding diaryl/α,β-unsaturated/α-hetero) is 1. The van der Waals surface area contributed by atoms with Gasteiger partial charge in [-0.25, -0.2) is 0 Å². The highest BCUT2D eigenvalue weighted by molar-refractivity contribution is 5.96. The number of hydrogen-bond donors (Lipinski definition) is 1. The molecule has 0 bridgehead atoms. The average Bonchev–Trinajstić information content (AvgIpc) is 2.44. The van der Waals surface area contributed by atoms with Crippen LogP contribution >= 0.6 is 24.8 Å². The summed E-state index contributed by atoms with van der Waals surface area (Å²) in [4.78, 5) is 24.5. The van der Waals surface area contributed by atoms with Crippen molar-refractivity contribution in [3.8, 4) is 0 Å². The molecule has 130 valence electrons. The summed E-state index contributed by atoms with van der Waals surface area (Å²) in [5.74, 6) is 0.0312. The molecule has 1 fully saturated rings. The Labute approximate surface area is 148 Å². The molecule has 2 rings (SSSR count). The van der Waals surface area contributed by atoms with Crippen LogP contribution in [0.25, 0.3) is 0 Å². The molecule has 0 aliphatic carbocycles. The third-order valence-corrected chi connectivity index (χ3v) is 3.69. The minimum atomic E-state index is -0.461. The Bertz CT molecular complexity index is 515. The van der Waals surface area contributed by atoms with Crippen molar-refractivity contribution in [3.63, 3.8) is 0 Å². The Kier molecular flexibility index (Phi) is 9.31. The monoisotopic (exact) mass is 363 g/mol. The lowest BCUT2D eigenvalue weighted by molar-refractivity contribution is -0.384. The number of nitrogens with one attached hydrogen (secondary N) is 1. The second kappa shape index (κ2) is 9.82. The van der Waals surface area contributed by atoms with Crippen LogP contribution in [0.5, 0.6) is 0 Å². The van der Waals surface area contributed by atoms with Gasteiger partial charge in [0.1, 0.15) is 0 Å². The van der Waals surface area contributed by atoms with Gasteiger partial charge in [-0.3, -0.25) is 19.8 Å². The Morgan fingerprint density at radius 1 is 1.22 bits per heavy atom. The molecule has 2 unspecified atom stereocenters. The highest BCUT2D eigenvalue weighted by Gasteiger charge is 2.21. The van der Waals surface area contributed by atoms with E-state index in [4.69, 9.17) is 0 Å². The molecule has 23 heavy (non-hydrogen) atoms.